The molecule has 2 heterocycles. The lowest BCUT2D eigenvalue weighted by Gasteiger charge is -2.05. The van der Waals surface area contributed by atoms with Crippen molar-refractivity contribution in [1.29, 1.82) is 0 Å². The molecule has 3 aromatic rings. The van der Waals surface area contributed by atoms with E-state index in [0.717, 1.165) is 29.0 Å². The predicted octanol–water partition coefficient (Wildman–Crippen LogP) is 3.41. The Labute approximate surface area is 120 Å². The van der Waals surface area contributed by atoms with E-state index in [1.165, 1.54) is 11.3 Å². The Kier molecular flexibility index (Phi) is 3.28. The van der Waals surface area contributed by atoms with Gasteiger partial charge < -0.3 is 9.67 Å². The normalized spacial score (nSPS) is 11.1. The van der Waals surface area contributed by atoms with Gasteiger partial charge in [0.05, 0.1) is 11.0 Å². The summed E-state index contributed by atoms with van der Waals surface area (Å²) in [5, 5.41) is 11.0. The number of hydrogen-bond acceptors (Lipinski definition) is 3. The summed E-state index contributed by atoms with van der Waals surface area (Å²) < 4.78 is 2.14. The van der Waals surface area contributed by atoms with E-state index in [9.17, 15) is 9.90 Å². The third-order valence-corrected chi connectivity index (χ3v) is 4.28. The number of aromatic carboxylic acids is 1. The minimum atomic E-state index is -0.867. The number of carboxylic acids is 1. The summed E-state index contributed by atoms with van der Waals surface area (Å²) in [6, 6.07) is 9.85. The van der Waals surface area contributed by atoms with Gasteiger partial charge in [0.25, 0.3) is 0 Å². The molecule has 0 radical (unpaired) electrons. The lowest BCUT2D eigenvalue weighted by molar-refractivity contribution is 0.0701. The number of carbonyl (C=O) groups is 1. The number of hydrogen-bond donors (Lipinski definition) is 1. The molecule has 1 N–H and O–H groups in total. The molecule has 2 aromatic heterocycles. The predicted molar refractivity (Wildman–Crippen MR) is 79.5 cm³/mol. The molecule has 0 aliphatic heterocycles. The van der Waals surface area contributed by atoms with Gasteiger partial charge in [0, 0.05) is 13.0 Å². The highest BCUT2D eigenvalue weighted by atomic mass is 32.1. The Morgan fingerprint density at radius 2 is 2.15 bits per heavy atom. The van der Waals surface area contributed by atoms with Crippen LogP contribution in [0, 0.1) is 0 Å². The lowest BCUT2D eigenvalue weighted by Crippen LogP contribution is -2.05. The van der Waals surface area contributed by atoms with E-state index in [-0.39, 0.29) is 0 Å². The number of thiophene rings is 1. The number of aromatic nitrogens is 2. The van der Waals surface area contributed by atoms with Gasteiger partial charge in [-0.3, -0.25) is 0 Å². The second-order valence-corrected chi connectivity index (χ2v) is 5.43. The Balaban J connectivity index is 2.06. The van der Waals surface area contributed by atoms with Crippen molar-refractivity contribution >= 4 is 28.3 Å². The summed E-state index contributed by atoms with van der Waals surface area (Å²) in [5.41, 5.74) is 2.88. The molecule has 0 spiro atoms. The maximum atomic E-state index is 11.2. The molecule has 0 aliphatic carbocycles. The zero-order valence-corrected chi connectivity index (χ0v) is 11.9. The summed E-state index contributed by atoms with van der Waals surface area (Å²) in [4.78, 5) is 16.2. The fourth-order valence-electron chi connectivity index (χ4n) is 2.45. The molecule has 0 amide bonds. The van der Waals surface area contributed by atoms with E-state index in [4.69, 9.17) is 0 Å². The van der Waals surface area contributed by atoms with Gasteiger partial charge in [-0.1, -0.05) is 12.1 Å². The van der Waals surface area contributed by atoms with Crippen molar-refractivity contribution in [2.45, 2.75) is 19.9 Å². The first kappa shape index (κ1) is 12.9. The molecule has 0 saturated heterocycles. The van der Waals surface area contributed by atoms with Gasteiger partial charge in [0.2, 0.25) is 0 Å². The van der Waals surface area contributed by atoms with Crippen LogP contribution in [-0.2, 0) is 13.0 Å². The monoisotopic (exact) mass is 286 g/mol. The number of imidazole rings is 1. The van der Waals surface area contributed by atoms with E-state index in [1.807, 2.05) is 35.7 Å². The second-order valence-electron chi connectivity index (χ2n) is 4.52. The van der Waals surface area contributed by atoms with E-state index < -0.39 is 5.97 Å². The standard InChI is InChI=1S/C15H14N2O2S/c1-2-17-12-6-4-3-5-11(12)16-13(17)9-10-7-8-20-14(10)15(18)19/h3-8H,2,9H2,1H3,(H,18,19). The minimum absolute atomic E-state index is 0.403. The van der Waals surface area contributed by atoms with Gasteiger partial charge in [-0.15, -0.1) is 11.3 Å². The largest absolute Gasteiger partial charge is 0.477 e. The van der Waals surface area contributed by atoms with Crippen molar-refractivity contribution in [3.05, 3.63) is 52.0 Å². The van der Waals surface area contributed by atoms with Gasteiger partial charge >= 0.3 is 5.97 Å². The summed E-state index contributed by atoms with van der Waals surface area (Å²) in [6.45, 7) is 2.89. The number of rotatable bonds is 4. The average Bonchev–Trinajstić information content (AvgIpc) is 3.02. The average molecular weight is 286 g/mol. The first-order valence-corrected chi connectivity index (χ1v) is 7.32. The highest BCUT2D eigenvalue weighted by molar-refractivity contribution is 7.12. The summed E-state index contributed by atoms with van der Waals surface area (Å²) >= 11 is 1.26. The van der Waals surface area contributed by atoms with E-state index in [2.05, 4.69) is 16.5 Å². The van der Waals surface area contributed by atoms with Crippen molar-refractivity contribution < 1.29 is 9.90 Å². The second kappa shape index (κ2) is 5.09. The Bertz CT molecular complexity index is 773. The first-order valence-electron chi connectivity index (χ1n) is 6.44. The Morgan fingerprint density at radius 3 is 2.90 bits per heavy atom. The minimum Gasteiger partial charge on any atom is -0.477 e. The fraction of sp³-hybridized carbons (Fsp3) is 0.200. The Morgan fingerprint density at radius 1 is 1.35 bits per heavy atom. The molecule has 0 bridgehead atoms. The molecule has 0 fully saturated rings. The van der Waals surface area contributed by atoms with Gasteiger partial charge in [0.15, 0.2) is 0 Å². The van der Waals surface area contributed by atoms with Crippen LogP contribution in [0.3, 0.4) is 0 Å². The van der Waals surface area contributed by atoms with Gasteiger partial charge in [-0.2, -0.15) is 0 Å². The molecule has 0 unspecified atom stereocenters. The van der Waals surface area contributed by atoms with Crippen LogP contribution in [0.4, 0.5) is 0 Å². The molecule has 4 nitrogen and oxygen atoms in total. The fourth-order valence-corrected chi connectivity index (χ4v) is 3.21. The molecule has 20 heavy (non-hydrogen) atoms. The summed E-state index contributed by atoms with van der Waals surface area (Å²) in [7, 11) is 0. The van der Waals surface area contributed by atoms with Crippen molar-refractivity contribution in [2.24, 2.45) is 0 Å². The molecule has 0 atom stereocenters. The highest BCUT2D eigenvalue weighted by Crippen LogP contribution is 2.23. The molecule has 0 saturated carbocycles. The maximum Gasteiger partial charge on any atom is 0.346 e. The third-order valence-electron chi connectivity index (χ3n) is 3.34. The van der Waals surface area contributed by atoms with Crippen molar-refractivity contribution in [3.63, 3.8) is 0 Å². The smallest absolute Gasteiger partial charge is 0.346 e. The topological polar surface area (TPSA) is 55.1 Å². The van der Waals surface area contributed by atoms with Gasteiger partial charge in [-0.25, -0.2) is 9.78 Å². The van der Waals surface area contributed by atoms with E-state index in [0.29, 0.717) is 11.3 Å². The van der Waals surface area contributed by atoms with Crippen LogP contribution < -0.4 is 0 Å². The highest BCUT2D eigenvalue weighted by Gasteiger charge is 2.15. The van der Waals surface area contributed by atoms with Gasteiger partial charge in [0.1, 0.15) is 10.7 Å². The van der Waals surface area contributed by atoms with Gasteiger partial charge in [-0.05, 0) is 36.1 Å². The summed E-state index contributed by atoms with van der Waals surface area (Å²) in [6.07, 6.45) is 0.549. The number of para-hydroxylation sites is 2. The molecule has 5 heteroatoms. The number of benzene rings is 1. The van der Waals surface area contributed by atoms with Crippen LogP contribution in [-0.4, -0.2) is 20.6 Å². The van der Waals surface area contributed by atoms with Crippen LogP contribution in [0.2, 0.25) is 0 Å². The van der Waals surface area contributed by atoms with Crippen LogP contribution in [0.15, 0.2) is 35.7 Å². The number of carboxylic acid groups (broad SMARTS) is 1. The summed E-state index contributed by atoms with van der Waals surface area (Å²) in [5.74, 6) is 0.0451. The molecule has 3 rings (SSSR count). The van der Waals surface area contributed by atoms with E-state index >= 15 is 0 Å². The molecular weight excluding hydrogens is 272 g/mol. The molecular formula is C15H14N2O2S. The molecule has 0 aliphatic rings. The SMILES string of the molecule is CCn1c(Cc2ccsc2C(=O)O)nc2ccccc21. The first-order chi connectivity index (χ1) is 9.70. The Hall–Kier alpha value is -2.14. The van der Waals surface area contributed by atoms with Crippen LogP contribution >= 0.6 is 11.3 Å². The lowest BCUT2D eigenvalue weighted by atomic mass is 10.2. The maximum absolute atomic E-state index is 11.2. The molecule has 1 aromatic carbocycles. The zero-order valence-electron chi connectivity index (χ0n) is 11.0. The van der Waals surface area contributed by atoms with Crippen LogP contribution in [0.25, 0.3) is 11.0 Å². The zero-order chi connectivity index (χ0) is 14.1. The molecule has 102 valence electrons. The number of fused-ring (bicyclic) bond motifs is 1. The van der Waals surface area contributed by atoms with E-state index in [1.54, 1.807) is 0 Å². The number of aryl methyl sites for hydroxylation is 1. The van der Waals surface area contributed by atoms with Crippen LogP contribution in [0.5, 0.6) is 0 Å². The third kappa shape index (κ3) is 2.10. The number of nitrogens with zero attached hydrogens (tertiary/aromatic N) is 2. The van der Waals surface area contributed by atoms with Crippen LogP contribution in [0.1, 0.15) is 28.0 Å². The van der Waals surface area contributed by atoms with Crippen molar-refractivity contribution in [2.75, 3.05) is 0 Å². The van der Waals surface area contributed by atoms with Crippen molar-refractivity contribution in [3.8, 4) is 0 Å². The van der Waals surface area contributed by atoms with Crippen molar-refractivity contribution in [1.82, 2.24) is 9.55 Å². The quantitative estimate of drug-likeness (QED) is 0.799.